The zero-order chi connectivity index (χ0) is 3.58. The molecule has 0 saturated carbocycles. The Morgan fingerprint density at radius 3 is 1.00 bits per heavy atom. The molecule has 0 atom stereocenters. The zero-order valence-electron chi connectivity index (χ0n) is 3.58. The van der Waals surface area contributed by atoms with Crippen LogP contribution in [0.15, 0.2) is 0 Å². The van der Waals surface area contributed by atoms with Gasteiger partial charge in [-0.2, -0.15) is 0 Å². The first-order valence-electron chi connectivity index (χ1n) is 1.73. The van der Waals surface area contributed by atoms with Crippen LogP contribution in [0.25, 0.3) is 0 Å². The van der Waals surface area contributed by atoms with Gasteiger partial charge in [-0.3, -0.25) is 0 Å². The van der Waals surface area contributed by atoms with Crippen LogP contribution in [0.5, 0.6) is 0 Å². The molecule has 0 aliphatic rings. The first kappa shape index (κ1) is 9.48. The molecule has 0 radical (unpaired) electrons. The molecular formula is C3H12AlGa. The van der Waals surface area contributed by atoms with Crippen molar-refractivity contribution in [1.29, 1.82) is 0 Å². The fraction of sp³-hybridized carbons (Fsp3) is 1.00. The summed E-state index contributed by atoms with van der Waals surface area (Å²) in [6.45, 7) is 0. The van der Waals surface area contributed by atoms with E-state index in [1.165, 1.54) is 0 Å². The summed E-state index contributed by atoms with van der Waals surface area (Å²) in [5, 5.41) is 0. The van der Waals surface area contributed by atoms with Gasteiger partial charge in [0.25, 0.3) is 0 Å². The van der Waals surface area contributed by atoms with E-state index in [1.54, 1.807) is 0 Å². The van der Waals surface area contributed by atoms with E-state index >= 15 is 0 Å². The Morgan fingerprint density at radius 2 is 1.00 bits per heavy atom. The fourth-order valence-electron chi connectivity index (χ4n) is 0. The van der Waals surface area contributed by atoms with Gasteiger partial charge < -0.3 is 0 Å². The van der Waals surface area contributed by atoms with Crippen molar-refractivity contribution in [2.75, 3.05) is 0 Å². The van der Waals surface area contributed by atoms with E-state index in [2.05, 4.69) is 16.4 Å². The Labute approximate surface area is 50.1 Å². The summed E-state index contributed by atoms with van der Waals surface area (Å²) in [7, 11) is 0. The molecule has 0 aliphatic carbocycles. The molecule has 0 spiro atoms. The Balaban J connectivity index is 0. The maximum atomic E-state index is 2.35. The van der Waals surface area contributed by atoms with Crippen LogP contribution in [-0.4, -0.2) is 33.6 Å². The predicted molar refractivity (Wildman–Crippen MR) is 33.3 cm³/mol. The van der Waals surface area contributed by atoms with Gasteiger partial charge in [-0.05, 0) is 0 Å². The van der Waals surface area contributed by atoms with Crippen molar-refractivity contribution in [3.63, 3.8) is 0 Å². The quantitative estimate of drug-likeness (QED) is 0.426. The molecule has 0 fully saturated rings. The number of hydrogen-bond donors (Lipinski definition) is 0. The van der Waals surface area contributed by atoms with Crippen LogP contribution < -0.4 is 0 Å². The Bertz CT molecular complexity index is 11.6. The Kier molecular flexibility index (Phi) is 9.80. The van der Waals surface area contributed by atoms with Crippen LogP contribution >= 0.6 is 0 Å². The third-order valence-corrected chi connectivity index (χ3v) is 0. The normalized spacial score (nSPS) is 5.40. The first-order chi connectivity index (χ1) is 1.73. The van der Waals surface area contributed by atoms with Crippen LogP contribution in [0.1, 0.15) is 0 Å². The van der Waals surface area contributed by atoms with Gasteiger partial charge in [0.2, 0.25) is 0 Å². The number of hydrogen-bond acceptors (Lipinski definition) is 0. The van der Waals surface area contributed by atoms with Crippen molar-refractivity contribution >= 4 is 33.6 Å². The van der Waals surface area contributed by atoms with Crippen LogP contribution in [-0.2, 0) is 0 Å². The Hall–Kier alpha value is 1.17. The number of rotatable bonds is 0. The molecule has 0 amide bonds. The van der Waals surface area contributed by atoms with Crippen molar-refractivity contribution in [3.05, 3.63) is 0 Å². The minimum absolute atomic E-state index is 0. The summed E-state index contributed by atoms with van der Waals surface area (Å²) in [4.78, 5) is 0. The second kappa shape index (κ2) is 5.17. The van der Waals surface area contributed by atoms with Crippen LogP contribution in [0.3, 0.4) is 0 Å². The second-order valence-corrected chi connectivity index (χ2v) is 9.00. The average Bonchev–Trinajstić information content (AvgIpc) is 0.811. The second-order valence-electron chi connectivity index (χ2n) is 1.73. The molecule has 30 valence electrons. The molecule has 0 aromatic carbocycles. The molecule has 0 aliphatic heterocycles. The summed E-state index contributed by atoms with van der Waals surface area (Å²) in [6.07, 6.45) is 0. The summed E-state index contributed by atoms with van der Waals surface area (Å²) in [5.74, 6) is 0. The molecule has 0 unspecified atom stereocenters. The molecule has 0 rings (SSSR count). The van der Waals surface area contributed by atoms with E-state index in [9.17, 15) is 0 Å². The van der Waals surface area contributed by atoms with Gasteiger partial charge in [0.15, 0.2) is 17.4 Å². The van der Waals surface area contributed by atoms with E-state index in [0.717, 1.165) is 0 Å². The molecular weight excluding hydrogens is 133 g/mol. The van der Waals surface area contributed by atoms with Crippen molar-refractivity contribution in [2.45, 2.75) is 16.4 Å². The molecule has 0 N–H and O–H groups in total. The van der Waals surface area contributed by atoms with Gasteiger partial charge in [0, 0.05) is 0 Å². The van der Waals surface area contributed by atoms with E-state index in [-0.39, 0.29) is 17.4 Å². The predicted octanol–water partition coefficient (Wildman–Crippen LogP) is 0.187. The maximum absolute atomic E-state index is 2.35. The van der Waals surface area contributed by atoms with Crippen molar-refractivity contribution < 1.29 is 0 Å². The summed E-state index contributed by atoms with van der Waals surface area (Å²) >= 11 is -0.479. The van der Waals surface area contributed by atoms with E-state index in [1.807, 2.05) is 0 Å². The molecule has 0 saturated heterocycles. The van der Waals surface area contributed by atoms with Gasteiger partial charge in [0.1, 0.15) is 0 Å². The van der Waals surface area contributed by atoms with Crippen molar-refractivity contribution in [2.24, 2.45) is 0 Å². The topological polar surface area (TPSA) is 0 Å². The standard InChI is InChI=1S/3CH3.Al.Ga.3H/h3*1H3;;;;;. The minimum atomic E-state index is -0.479. The van der Waals surface area contributed by atoms with Gasteiger partial charge in [-0.1, -0.05) is 0 Å². The molecule has 0 nitrogen and oxygen atoms in total. The summed E-state index contributed by atoms with van der Waals surface area (Å²) in [5.41, 5.74) is 7.06. The van der Waals surface area contributed by atoms with E-state index < -0.39 is 16.2 Å². The van der Waals surface area contributed by atoms with Gasteiger partial charge in [0.05, 0.1) is 0 Å². The third-order valence-electron chi connectivity index (χ3n) is 0. The third kappa shape index (κ3) is 38.0. The zero-order valence-corrected chi connectivity index (χ0v) is 6.00. The van der Waals surface area contributed by atoms with Gasteiger partial charge in [-0.25, -0.2) is 0 Å². The molecule has 0 aromatic heterocycles. The van der Waals surface area contributed by atoms with Crippen LogP contribution in [0.4, 0.5) is 0 Å². The molecule has 5 heavy (non-hydrogen) atoms. The summed E-state index contributed by atoms with van der Waals surface area (Å²) < 4.78 is 0. The van der Waals surface area contributed by atoms with Gasteiger partial charge in [-0.15, -0.1) is 0 Å². The van der Waals surface area contributed by atoms with Crippen LogP contribution in [0, 0.1) is 0 Å². The summed E-state index contributed by atoms with van der Waals surface area (Å²) in [6, 6.07) is 0. The molecule has 0 bridgehead atoms. The monoisotopic (exact) mass is 144 g/mol. The van der Waals surface area contributed by atoms with Gasteiger partial charge >= 0.3 is 32.7 Å². The van der Waals surface area contributed by atoms with Crippen molar-refractivity contribution in [1.82, 2.24) is 0 Å². The SMILES string of the molecule is [AlH3].[CH3][Ga]([CH3])[CH3]. The van der Waals surface area contributed by atoms with E-state index in [4.69, 9.17) is 0 Å². The molecule has 0 aromatic rings. The Morgan fingerprint density at radius 1 is 1.00 bits per heavy atom. The fourth-order valence-corrected chi connectivity index (χ4v) is 0. The van der Waals surface area contributed by atoms with E-state index in [0.29, 0.717) is 0 Å². The van der Waals surface area contributed by atoms with Crippen molar-refractivity contribution in [3.8, 4) is 0 Å². The van der Waals surface area contributed by atoms with Crippen LogP contribution in [0.2, 0.25) is 16.4 Å². The average molecular weight is 145 g/mol. The first-order valence-corrected chi connectivity index (χ1v) is 9.00. The molecule has 2 heteroatoms. The molecule has 0 heterocycles.